The number of carbonyl (C=O) groups excluding carboxylic acids is 2. The lowest BCUT2D eigenvalue weighted by molar-refractivity contribution is -0.183. The third-order valence-electron chi connectivity index (χ3n) is 13.6. The number of amides is 2. The Morgan fingerprint density at radius 3 is 2.50 bits per heavy atom. The largest absolute Gasteiger partial charge is 0.496 e. The molecule has 0 aromatic heterocycles. The Morgan fingerprint density at radius 1 is 1.07 bits per heavy atom. The number of fused-ring (bicyclic) bond motifs is 2. The SMILES string of the molecule is COc1c(CN2O[C@@H](CO)[C@H]([C@H](C)O)[C@H]2C(=O)N[C@H]2CC3C[C@@H]([C@@H]2C)C3(C)C)cccc1-c1cc(C(=O)NC[C@H]2CC[C@@H](c3ccccc3)N2)cc(N(C)C)c1. The predicted molar refractivity (Wildman–Crippen MR) is 218 cm³/mol. The van der Waals surface area contributed by atoms with Crippen LogP contribution < -0.4 is 25.6 Å². The summed E-state index contributed by atoms with van der Waals surface area (Å²) < 4.78 is 6.09. The van der Waals surface area contributed by atoms with E-state index in [4.69, 9.17) is 9.57 Å². The van der Waals surface area contributed by atoms with Crippen molar-refractivity contribution in [1.82, 2.24) is 21.0 Å². The summed E-state index contributed by atoms with van der Waals surface area (Å²) in [5.74, 6) is 1.06. The van der Waals surface area contributed by atoms with Crippen LogP contribution in [0, 0.1) is 29.1 Å². The molecule has 5 aliphatic rings. The fourth-order valence-corrected chi connectivity index (χ4v) is 10.2. The fourth-order valence-electron chi connectivity index (χ4n) is 10.2. The van der Waals surface area contributed by atoms with Gasteiger partial charge in [0.1, 0.15) is 17.9 Å². The minimum atomic E-state index is -0.898. The number of ether oxygens (including phenoxy) is 1. The predicted octanol–water partition coefficient (Wildman–Crippen LogP) is 5.31. The van der Waals surface area contributed by atoms with E-state index in [0.29, 0.717) is 35.6 Å². The van der Waals surface area contributed by atoms with Crippen molar-refractivity contribution in [2.75, 3.05) is 39.3 Å². The Labute approximate surface area is 332 Å². The van der Waals surface area contributed by atoms with Gasteiger partial charge in [-0.1, -0.05) is 69.3 Å². The summed E-state index contributed by atoms with van der Waals surface area (Å²) >= 11 is 0. The number of benzene rings is 3. The van der Waals surface area contributed by atoms with Crippen molar-refractivity contribution in [2.45, 2.75) is 96.3 Å². The average molecular weight is 768 g/mol. The second-order valence-electron chi connectivity index (χ2n) is 17.5. The molecular weight excluding hydrogens is 707 g/mol. The summed E-state index contributed by atoms with van der Waals surface area (Å²) in [5, 5.41) is 33.2. The van der Waals surface area contributed by atoms with Crippen molar-refractivity contribution >= 4 is 17.5 Å². The van der Waals surface area contributed by atoms with Crippen molar-refractivity contribution in [3.63, 3.8) is 0 Å². The molecule has 2 heterocycles. The van der Waals surface area contributed by atoms with Crippen molar-refractivity contribution in [2.24, 2.45) is 29.1 Å². The van der Waals surface area contributed by atoms with Gasteiger partial charge >= 0.3 is 0 Å². The van der Waals surface area contributed by atoms with Crippen LogP contribution in [-0.2, 0) is 16.2 Å². The van der Waals surface area contributed by atoms with E-state index in [-0.39, 0.29) is 48.5 Å². The van der Waals surface area contributed by atoms with Crippen molar-refractivity contribution in [3.05, 3.63) is 83.4 Å². The molecule has 11 nitrogen and oxygen atoms in total. The number of aliphatic hydroxyl groups excluding tert-OH is 2. The second-order valence-corrected chi connectivity index (χ2v) is 17.5. The number of hydrogen-bond acceptors (Lipinski definition) is 9. The van der Waals surface area contributed by atoms with Crippen molar-refractivity contribution in [3.8, 4) is 16.9 Å². The monoisotopic (exact) mass is 767 g/mol. The first-order valence-electron chi connectivity index (χ1n) is 20.4. The molecule has 302 valence electrons. The molecule has 10 atom stereocenters. The van der Waals surface area contributed by atoms with Gasteiger partial charge in [0.05, 0.1) is 26.4 Å². The molecule has 1 unspecified atom stereocenters. The van der Waals surface area contributed by atoms with Gasteiger partial charge in [-0.2, -0.15) is 5.06 Å². The van der Waals surface area contributed by atoms with Crippen LogP contribution in [0.25, 0.3) is 11.1 Å². The topological polar surface area (TPSA) is 136 Å². The Hall–Kier alpha value is -4.00. The van der Waals surface area contributed by atoms with Gasteiger partial charge in [-0.15, -0.1) is 0 Å². The molecule has 2 amide bonds. The molecule has 5 N–H and O–H groups in total. The lowest BCUT2D eigenvalue weighted by atomic mass is 9.45. The van der Waals surface area contributed by atoms with Gasteiger partial charge in [-0.25, -0.2) is 0 Å². The highest BCUT2D eigenvalue weighted by Crippen LogP contribution is 2.61. The molecular formula is C45H61N5O6. The number of nitrogens with one attached hydrogen (secondary N) is 3. The van der Waals surface area contributed by atoms with Crippen LogP contribution >= 0.6 is 0 Å². The zero-order valence-corrected chi connectivity index (χ0v) is 34.0. The molecule has 0 spiro atoms. The van der Waals surface area contributed by atoms with Crippen molar-refractivity contribution < 1.29 is 29.4 Å². The summed E-state index contributed by atoms with van der Waals surface area (Å²) in [7, 11) is 5.51. The molecule has 5 fully saturated rings. The maximum Gasteiger partial charge on any atom is 0.251 e. The molecule has 2 saturated heterocycles. The van der Waals surface area contributed by atoms with Gasteiger partial charge in [0.25, 0.3) is 5.91 Å². The molecule has 2 bridgehead atoms. The fraction of sp³-hybridized carbons (Fsp3) is 0.556. The average Bonchev–Trinajstić information content (AvgIpc) is 3.82. The second kappa shape index (κ2) is 16.5. The van der Waals surface area contributed by atoms with E-state index in [9.17, 15) is 19.8 Å². The summed E-state index contributed by atoms with van der Waals surface area (Å²) in [5.41, 5.74) is 5.32. The van der Waals surface area contributed by atoms with E-state index in [0.717, 1.165) is 41.6 Å². The minimum absolute atomic E-state index is 0.0396. The van der Waals surface area contributed by atoms with Gasteiger partial charge in [0.2, 0.25) is 5.91 Å². The molecule has 2 aliphatic heterocycles. The van der Waals surface area contributed by atoms with Gasteiger partial charge in [-0.05, 0) is 85.1 Å². The van der Waals surface area contributed by atoms with Gasteiger partial charge in [0.15, 0.2) is 0 Å². The molecule has 0 radical (unpaired) electrons. The number of rotatable bonds is 13. The molecule has 11 heteroatoms. The van der Waals surface area contributed by atoms with E-state index >= 15 is 0 Å². The van der Waals surface area contributed by atoms with E-state index in [2.05, 4.69) is 61.0 Å². The quantitative estimate of drug-likeness (QED) is 0.157. The summed E-state index contributed by atoms with van der Waals surface area (Å²) in [6.45, 7) is 8.93. The number of nitrogens with zero attached hydrogens (tertiary/aromatic N) is 2. The Morgan fingerprint density at radius 2 is 1.84 bits per heavy atom. The third-order valence-corrected chi connectivity index (χ3v) is 13.6. The number of hydrogen-bond donors (Lipinski definition) is 5. The third kappa shape index (κ3) is 7.81. The maximum atomic E-state index is 14.3. The lowest BCUT2D eigenvalue weighted by Gasteiger charge is -2.62. The number of aliphatic hydroxyl groups is 2. The maximum absolute atomic E-state index is 14.3. The van der Waals surface area contributed by atoms with Crippen LogP contribution in [0.5, 0.6) is 5.75 Å². The van der Waals surface area contributed by atoms with Crippen LogP contribution in [0.15, 0.2) is 66.7 Å². The van der Waals surface area contributed by atoms with E-state index in [1.165, 1.54) is 12.0 Å². The number of carbonyl (C=O) groups is 2. The summed E-state index contributed by atoms with van der Waals surface area (Å²) in [6.07, 6.45) is 2.49. The van der Waals surface area contributed by atoms with Crippen LogP contribution in [-0.4, -0.2) is 91.8 Å². The van der Waals surface area contributed by atoms with E-state index in [1.54, 1.807) is 19.1 Å². The first-order chi connectivity index (χ1) is 26.8. The summed E-state index contributed by atoms with van der Waals surface area (Å²) in [4.78, 5) is 36.3. The first kappa shape index (κ1) is 40.2. The van der Waals surface area contributed by atoms with Gasteiger partial charge < -0.3 is 35.8 Å². The highest BCUT2D eigenvalue weighted by atomic mass is 16.7. The highest BCUT2D eigenvalue weighted by molar-refractivity contribution is 5.97. The zero-order valence-electron chi connectivity index (χ0n) is 34.0. The molecule has 3 saturated carbocycles. The van der Waals surface area contributed by atoms with Crippen LogP contribution in [0.1, 0.15) is 80.9 Å². The standard InChI is InChI=1S/C45H61N5O6/c1-26-36-21-32(45(36,3)4)22-38(26)48-44(54)41-40(27(2)52)39(25-51)56-50(41)24-29-14-11-15-35(42(29)55-7)30-18-31(20-34(19-30)49(5)6)43(53)46-23-33-16-17-37(47-33)28-12-9-8-10-13-28/h8-15,18-20,26-27,32-33,36-41,47,51-52H,16-17,21-25H2,1-7H3,(H,46,53)(H,48,54)/t26-,27-,32?,33+,36-,37-,38-,39-,40-,41-/m0/s1. The van der Waals surface area contributed by atoms with Crippen molar-refractivity contribution in [1.29, 1.82) is 0 Å². The molecule has 56 heavy (non-hydrogen) atoms. The summed E-state index contributed by atoms with van der Waals surface area (Å²) in [6, 6.07) is 21.7. The lowest BCUT2D eigenvalue weighted by Crippen LogP contribution is -2.62. The van der Waals surface area contributed by atoms with E-state index in [1.807, 2.05) is 61.5 Å². The molecule has 3 aromatic rings. The molecule has 3 aromatic carbocycles. The normalized spacial score (nSPS) is 30.0. The first-order valence-corrected chi connectivity index (χ1v) is 20.4. The smallest absolute Gasteiger partial charge is 0.251 e. The van der Waals surface area contributed by atoms with E-state index < -0.39 is 24.2 Å². The Balaban J connectivity index is 1.11. The van der Waals surface area contributed by atoms with Gasteiger partial charge in [-0.3, -0.25) is 14.4 Å². The molecule has 8 rings (SSSR count). The van der Waals surface area contributed by atoms with Crippen LogP contribution in [0.4, 0.5) is 5.69 Å². The highest BCUT2D eigenvalue weighted by Gasteiger charge is 2.57. The minimum Gasteiger partial charge on any atom is -0.496 e. The van der Waals surface area contributed by atoms with Gasteiger partial charge in [0, 0.05) is 67.1 Å². The Kier molecular flexibility index (Phi) is 11.8. The van der Waals surface area contributed by atoms with Crippen LogP contribution in [0.2, 0.25) is 0 Å². The van der Waals surface area contributed by atoms with Crippen LogP contribution in [0.3, 0.4) is 0 Å². The number of para-hydroxylation sites is 1. The number of anilines is 1. The Bertz CT molecular complexity index is 1870. The molecule has 3 aliphatic carbocycles. The zero-order chi connectivity index (χ0) is 39.9. The number of methoxy groups -OCH3 is 1. The number of hydroxylamine groups is 2.